The molecular weight excluding hydrogens is 440 g/mol. The third kappa shape index (κ3) is 5.39. The number of aliphatic hydroxyl groups excluding tert-OH is 1. The van der Waals surface area contributed by atoms with E-state index < -0.39 is 22.2 Å². The van der Waals surface area contributed by atoms with Gasteiger partial charge in [-0.15, -0.1) is 0 Å². The molecule has 0 bridgehead atoms. The van der Waals surface area contributed by atoms with Crippen LogP contribution >= 0.6 is 0 Å². The number of hydrogen-bond donors (Lipinski definition) is 1. The number of ether oxygens (including phenoxy) is 1. The number of rotatable bonds is 6. The topological polar surface area (TPSA) is 87.2 Å². The Labute approximate surface area is 197 Å². The van der Waals surface area contributed by atoms with Crippen LogP contribution in [0.15, 0.2) is 47.4 Å². The van der Waals surface area contributed by atoms with Crippen LogP contribution in [0.2, 0.25) is 0 Å². The van der Waals surface area contributed by atoms with Crippen molar-refractivity contribution in [3.63, 3.8) is 0 Å². The van der Waals surface area contributed by atoms with Gasteiger partial charge in [-0.05, 0) is 37.1 Å². The second-order valence-corrected chi connectivity index (χ2v) is 10.8. The molecule has 0 saturated carbocycles. The van der Waals surface area contributed by atoms with Gasteiger partial charge in [-0.25, -0.2) is 8.42 Å². The molecule has 1 N–H and O–H groups in total. The molecular formula is C25H34N2O5S. The van der Waals surface area contributed by atoms with Crippen LogP contribution in [-0.2, 0) is 14.8 Å². The lowest BCUT2D eigenvalue weighted by Crippen LogP contribution is -2.50. The van der Waals surface area contributed by atoms with E-state index in [0.717, 1.165) is 16.7 Å². The third-order valence-corrected chi connectivity index (χ3v) is 8.25. The lowest BCUT2D eigenvalue weighted by atomic mass is 10.0. The molecule has 0 fully saturated rings. The smallest absolute Gasteiger partial charge is 0.247 e. The average molecular weight is 475 g/mol. The van der Waals surface area contributed by atoms with E-state index in [0.29, 0.717) is 13.0 Å². The van der Waals surface area contributed by atoms with Gasteiger partial charge in [0.1, 0.15) is 16.7 Å². The van der Waals surface area contributed by atoms with Gasteiger partial charge < -0.3 is 14.7 Å². The summed E-state index contributed by atoms with van der Waals surface area (Å²) in [7, 11) is -2.17. The zero-order valence-electron chi connectivity index (χ0n) is 20.0. The first kappa shape index (κ1) is 25.2. The van der Waals surface area contributed by atoms with Gasteiger partial charge in [0.15, 0.2) is 0 Å². The Hall–Kier alpha value is -2.42. The average Bonchev–Trinajstić information content (AvgIpc) is 2.80. The minimum absolute atomic E-state index is 0.00491. The Kier molecular flexibility index (Phi) is 7.82. The van der Waals surface area contributed by atoms with E-state index in [1.807, 2.05) is 45.0 Å². The number of aliphatic hydroxyl groups is 1. The second kappa shape index (κ2) is 10.2. The first-order valence-corrected chi connectivity index (χ1v) is 12.8. The molecule has 0 saturated heterocycles. The highest BCUT2D eigenvalue weighted by atomic mass is 32.2. The van der Waals surface area contributed by atoms with Crippen molar-refractivity contribution >= 4 is 15.9 Å². The minimum atomic E-state index is -3.90. The van der Waals surface area contributed by atoms with Crippen molar-refractivity contribution in [3.8, 4) is 16.9 Å². The number of fused-ring (bicyclic) bond motifs is 1. The van der Waals surface area contributed by atoms with Crippen molar-refractivity contribution in [2.24, 2.45) is 5.92 Å². The van der Waals surface area contributed by atoms with Gasteiger partial charge in [-0.2, -0.15) is 4.31 Å². The van der Waals surface area contributed by atoms with Crippen molar-refractivity contribution in [3.05, 3.63) is 48.0 Å². The molecule has 1 aliphatic rings. The molecule has 2 aromatic rings. The van der Waals surface area contributed by atoms with Gasteiger partial charge in [-0.1, -0.05) is 49.7 Å². The van der Waals surface area contributed by atoms with Crippen LogP contribution < -0.4 is 4.74 Å². The maximum Gasteiger partial charge on any atom is 0.247 e. The number of carbonyl (C=O) groups is 1. The first-order chi connectivity index (χ1) is 15.6. The van der Waals surface area contributed by atoms with Gasteiger partial charge in [0.05, 0.1) is 13.2 Å². The van der Waals surface area contributed by atoms with Crippen LogP contribution in [0.1, 0.15) is 32.8 Å². The summed E-state index contributed by atoms with van der Waals surface area (Å²) in [6.07, 6.45) is -0.0326. The number of hydrogen-bond acceptors (Lipinski definition) is 5. The summed E-state index contributed by atoms with van der Waals surface area (Å²) >= 11 is 0. The van der Waals surface area contributed by atoms with E-state index >= 15 is 0 Å². The van der Waals surface area contributed by atoms with Crippen LogP contribution in [0.3, 0.4) is 0 Å². The molecule has 0 aliphatic carbocycles. The van der Waals surface area contributed by atoms with Gasteiger partial charge >= 0.3 is 0 Å². The molecule has 1 aliphatic heterocycles. The quantitative estimate of drug-likeness (QED) is 0.694. The molecule has 1 heterocycles. The predicted octanol–water partition coefficient (Wildman–Crippen LogP) is 3.30. The Bertz CT molecular complexity index is 1080. The van der Waals surface area contributed by atoms with Crippen molar-refractivity contribution in [2.45, 2.75) is 51.2 Å². The predicted molar refractivity (Wildman–Crippen MR) is 129 cm³/mol. The van der Waals surface area contributed by atoms with E-state index in [4.69, 9.17) is 4.74 Å². The van der Waals surface area contributed by atoms with Crippen LogP contribution in [0.5, 0.6) is 5.75 Å². The molecule has 0 radical (unpaired) electrons. The Balaban J connectivity index is 2.11. The third-order valence-electron chi connectivity index (χ3n) is 6.23. The monoisotopic (exact) mass is 474 g/mol. The van der Waals surface area contributed by atoms with Crippen molar-refractivity contribution in [1.82, 2.24) is 9.21 Å². The summed E-state index contributed by atoms with van der Waals surface area (Å²) in [6, 6.07) is 12.5. The fourth-order valence-electron chi connectivity index (χ4n) is 4.01. The zero-order valence-corrected chi connectivity index (χ0v) is 20.8. The Morgan fingerprint density at radius 3 is 2.45 bits per heavy atom. The summed E-state index contributed by atoms with van der Waals surface area (Å²) in [5.74, 6) is 0.0452. The van der Waals surface area contributed by atoms with E-state index in [2.05, 4.69) is 0 Å². The summed E-state index contributed by atoms with van der Waals surface area (Å²) < 4.78 is 34.8. The Morgan fingerprint density at radius 1 is 1.21 bits per heavy atom. The SMILES string of the molecule is CCC(=O)N(C)C[C@@H]1Oc2cc(-c3ccc(C)cc3)ccc2S(=O)(=O)N([C@@H](C)CO)C[C@H]1C. The number of amides is 1. The van der Waals surface area contributed by atoms with E-state index in [1.54, 1.807) is 37.1 Å². The fourth-order valence-corrected chi connectivity index (χ4v) is 5.84. The first-order valence-electron chi connectivity index (χ1n) is 11.3. The molecule has 0 spiro atoms. The van der Waals surface area contributed by atoms with Crippen LogP contribution in [-0.4, -0.2) is 67.5 Å². The van der Waals surface area contributed by atoms with Gasteiger partial charge in [0.2, 0.25) is 15.9 Å². The molecule has 180 valence electrons. The summed E-state index contributed by atoms with van der Waals surface area (Å²) in [4.78, 5) is 13.9. The Morgan fingerprint density at radius 2 is 1.85 bits per heavy atom. The zero-order chi connectivity index (χ0) is 24.3. The van der Waals surface area contributed by atoms with Crippen LogP contribution in [0.4, 0.5) is 0 Å². The number of aryl methyl sites for hydroxylation is 1. The fraction of sp³-hybridized carbons (Fsp3) is 0.480. The van der Waals surface area contributed by atoms with Crippen LogP contribution in [0.25, 0.3) is 11.1 Å². The molecule has 3 atom stereocenters. The molecule has 8 heteroatoms. The van der Waals surface area contributed by atoms with E-state index in [9.17, 15) is 18.3 Å². The summed E-state index contributed by atoms with van der Waals surface area (Å²) in [5.41, 5.74) is 2.93. The maximum atomic E-state index is 13.6. The number of likely N-dealkylation sites (N-methyl/N-ethyl adjacent to an activating group) is 1. The normalized spacial score (nSPS) is 21.3. The van der Waals surface area contributed by atoms with Crippen LogP contribution in [0, 0.1) is 12.8 Å². The highest BCUT2D eigenvalue weighted by Crippen LogP contribution is 2.36. The number of nitrogens with zero attached hydrogens (tertiary/aromatic N) is 2. The van der Waals surface area contributed by atoms with Gasteiger partial charge in [0, 0.05) is 32.0 Å². The van der Waals surface area contributed by atoms with E-state index in [-0.39, 0.29) is 35.6 Å². The lowest BCUT2D eigenvalue weighted by Gasteiger charge is -2.37. The van der Waals surface area contributed by atoms with Gasteiger partial charge in [-0.3, -0.25) is 4.79 Å². The highest BCUT2D eigenvalue weighted by Gasteiger charge is 2.38. The molecule has 1 amide bonds. The standard InChI is InChI=1S/C25H34N2O5S/c1-6-25(29)26(5)15-23-18(3)14-27(19(4)16-28)33(30,31)24-12-11-21(13-22(24)32-23)20-9-7-17(2)8-10-20/h7-13,18-19,23,28H,6,14-16H2,1-5H3/t18-,19+,23+/m1/s1. The largest absolute Gasteiger partial charge is 0.487 e. The lowest BCUT2D eigenvalue weighted by molar-refractivity contribution is -0.131. The molecule has 0 unspecified atom stereocenters. The minimum Gasteiger partial charge on any atom is -0.487 e. The number of sulfonamides is 1. The van der Waals surface area contributed by atoms with Gasteiger partial charge in [0.25, 0.3) is 0 Å². The second-order valence-electron chi connectivity index (χ2n) is 8.90. The van der Waals surface area contributed by atoms with Crippen molar-refractivity contribution in [2.75, 3.05) is 26.7 Å². The molecule has 2 aromatic carbocycles. The maximum absolute atomic E-state index is 13.6. The number of carbonyl (C=O) groups excluding carboxylic acids is 1. The van der Waals surface area contributed by atoms with E-state index in [1.165, 1.54) is 4.31 Å². The molecule has 33 heavy (non-hydrogen) atoms. The van der Waals surface area contributed by atoms with Crippen molar-refractivity contribution < 1.29 is 23.1 Å². The van der Waals surface area contributed by atoms with Crippen molar-refractivity contribution in [1.29, 1.82) is 0 Å². The number of benzene rings is 2. The molecule has 0 aromatic heterocycles. The summed E-state index contributed by atoms with van der Waals surface area (Å²) in [6.45, 7) is 7.65. The molecule has 7 nitrogen and oxygen atoms in total. The summed E-state index contributed by atoms with van der Waals surface area (Å²) in [5, 5.41) is 9.76. The highest BCUT2D eigenvalue weighted by molar-refractivity contribution is 7.89. The molecule has 3 rings (SSSR count).